The van der Waals surface area contributed by atoms with E-state index in [4.69, 9.17) is 16.2 Å². The molecule has 0 spiro atoms. The molecule has 0 saturated heterocycles. The van der Waals surface area contributed by atoms with Crippen LogP contribution in [-0.4, -0.2) is 23.7 Å². The van der Waals surface area contributed by atoms with Crippen molar-refractivity contribution in [2.75, 3.05) is 0 Å². The number of esters is 1. The van der Waals surface area contributed by atoms with Crippen molar-refractivity contribution in [2.45, 2.75) is 19.1 Å². The molecular weight excluding hydrogens is 236 g/mol. The van der Waals surface area contributed by atoms with Crippen LogP contribution in [-0.2, 0) is 25.7 Å². The van der Waals surface area contributed by atoms with Gasteiger partial charge in [-0.15, -0.1) is 0 Å². The Morgan fingerprint density at radius 2 is 1.78 bits per heavy atom. The van der Waals surface area contributed by atoms with Crippen LogP contribution < -0.4 is 11.5 Å². The molecule has 1 atom stereocenters. The van der Waals surface area contributed by atoms with Crippen molar-refractivity contribution >= 4 is 17.7 Å². The summed E-state index contributed by atoms with van der Waals surface area (Å²) in [6.07, 6.45) is -0.376. The lowest BCUT2D eigenvalue weighted by Gasteiger charge is -2.08. The summed E-state index contributed by atoms with van der Waals surface area (Å²) in [7, 11) is 0. The molecule has 0 heterocycles. The first kappa shape index (κ1) is 13.9. The quantitative estimate of drug-likeness (QED) is 0.522. The van der Waals surface area contributed by atoms with Crippen molar-refractivity contribution in [3.05, 3.63) is 35.9 Å². The maximum absolute atomic E-state index is 11.4. The highest BCUT2D eigenvalue weighted by molar-refractivity contribution is 6.36. The van der Waals surface area contributed by atoms with Gasteiger partial charge >= 0.3 is 5.97 Å². The Labute approximate surface area is 104 Å². The summed E-state index contributed by atoms with van der Waals surface area (Å²) in [5.41, 5.74) is 11.0. The Morgan fingerprint density at radius 3 is 2.33 bits per heavy atom. The molecule has 1 aromatic rings. The Kier molecular flexibility index (Phi) is 5.01. The van der Waals surface area contributed by atoms with Crippen LogP contribution in [0.1, 0.15) is 12.0 Å². The largest absolute Gasteiger partial charge is 0.455 e. The lowest BCUT2D eigenvalue weighted by Crippen LogP contribution is -2.40. The summed E-state index contributed by atoms with van der Waals surface area (Å²) in [5.74, 6) is -2.76. The van der Waals surface area contributed by atoms with Crippen LogP contribution in [0.3, 0.4) is 0 Å². The molecule has 4 N–H and O–H groups in total. The molecule has 0 aliphatic heterocycles. The second-order valence-electron chi connectivity index (χ2n) is 3.70. The molecule has 1 aromatic carbocycles. The van der Waals surface area contributed by atoms with E-state index >= 15 is 0 Å². The topological polar surface area (TPSA) is 112 Å². The molecule has 96 valence electrons. The van der Waals surface area contributed by atoms with Crippen LogP contribution in [0, 0.1) is 0 Å². The Hall–Kier alpha value is -2.21. The molecule has 0 aliphatic carbocycles. The molecular formula is C12H14N2O4. The number of primary amides is 1. The molecule has 18 heavy (non-hydrogen) atoms. The first-order valence-electron chi connectivity index (χ1n) is 5.29. The van der Waals surface area contributed by atoms with E-state index < -0.39 is 23.7 Å². The van der Waals surface area contributed by atoms with Gasteiger partial charge in [0.15, 0.2) is 0 Å². The minimum atomic E-state index is -1.24. The standard InChI is InChI=1S/C12H14N2O4/c13-9(6-10(14)15)11(16)12(17)18-7-8-4-2-1-3-5-8/h1-5,9H,6-7,13H2,(H2,14,15)/t9-/m1/s1. The van der Waals surface area contributed by atoms with Crippen LogP contribution in [0.5, 0.6) is 0 Å². The molecule has 1 amide bonds. The average Bonchev–Trinajstić information content (AvgIpc) is 2.35. The van der Waals surface area contributed by atoms with Crippen LogP contribution in [0.15, 0.2) is 30.3 Å². The van der Waals surface area contributed by atoms with E-state index in [0.29, 0.717) is 0 Å². The fourth-order valence-corrected chi connectivity index (χ4v) is 1.26. The highest BCUT2D eigenvalue weighted by atomic mass is 16.5. The number of amides is 1. The van der Waals surface area contributed by atoms with E-state index in [-0.39, 0.29) is 13.0 Å². The summed E-state index contributed by atoms with van der Waals surface area (Å²) in [6, 6.07) is 7.64. The number of rotatable bonds is 6. The highest BCUT2D eigenvalue weighted by Crippen LogP contribution is 2.02. The zero-order valence-electron chi connectivity index (χ0n) is 9.67. The fraction of sp³-hybridized carbons (Fsp3) is 0.250. The normalized spacial score (nSPS) is 11.6. The first-order chi connectivity index (χ1) is 8.50. The summed E-state index contributed by atoms with van der Waals surface area (Å²) >= 11 is 0. The predicted octanol–water partition coefficient (Wildman–Crippen LogP) is -0.498. The van der Waals surface area contributed by atoms with Gasteiger partial charge in [-0.2, -0.15) is 0 Å². The highest BCUT2D eigenvalue weighted by Gasteiger charge is 2.24. The van der Waals surface area contributed by atoms with Crippen molar-refractivity contribution in [3.63, 3.8) is 0 Å². The van der Waals surface area contributed by atoms with Crippen LogP contribution in [0.2, 0.25) is 0 Å². The monoisotopic (exact) mass is 250 g/mol. The van der Waals surface area contributed by atoms with Gasteiger partial charge < -0.3 is 16.2 Å². The maximum atomic E-state index is 11.4. The smallest absolute Gasteiger partial charge is 0.376 e. The number of hydrogen-bond donors (Lipinski definition) is 2. The van der Waals surface area contributed by atoms with Gasteiger partial charge in [0.25, 0.3) is 5.78 Å². The minimum Gasteiger partial charge on any atom is -0.455 e. The van der Waals surface area contributed by atoms with E-state index in [9.17, 15) is 14.4 Å². The molecule has 0 saturated carbocycles. The van der Waals surface area contributed by atoms with E-state index in [0.717, 1.165) is 5.56 Å². The van der Waals surface area contributed by atoms with Gasteiger partial charge in [-0.05, 0) is 5.56 Å². The number of carbonyl (C=O) groups excluding carboxylic acids is 3. The lowest BCUT2D eigenvalue weighted by atomic mass is 10.1. The molecule has 0 radical (unpaired) electrons. The lowest BCUT2D eigenvalue weighted by molar-refractivity contribution is -0.155. The first-order valence-corrected chi connectivity index (χ1v) is 5.29. The Morgan fingerprint density at radius 1 is 1.17 bits per heavy atom. The second kappa shape index (κ2) is 6.51. The second-order valence-corrected chi connectivity index (χ2v) is 3.70. The fourth-order valence-electron chi connectivity index (χ4n) is 1.26. The summed E-state index contributed by atoms with van der Waals surface area (Å²) in [4.78, 5) is 33.3. The van der Waals surface area contributed by atoms with Crippen molar-refractivity contribution in [3.8, 4) is 0 Å². The number of ketones is 1. The summed E-state index contributed by atoms with van der Waals surface area (Å²) in [5, 5.41) is 0. The zero-order valence-corrected chi connectivity index (χ0v) is 9.67. The van der Waals surface area contributed by atoms with Gasteiger partial charge in [0, 0.05) is 6.42 Å². The number of carbonyl (C=O) groups is 3. The number of Topliss-reactive ketones (excluding diaryl/α,β-unsaturated/α-hetero) is 1. The maximum Gasteiger partial charge on any atom is 0.376 e. The van der Waals surface area contributed by atoms with Crippen molar-refractivity contribution in [2.24, 2.45) is 11.5 Å². The Bertz CT molecular complexity index is 445. The number of nitrogens with two attached hydrogens (primary N) is 2. The van der Waals surface area contributed by atoms with Gasteiger partial charge in [0.1, 0.15) is 6.61 Å². The molecule has 0 bridgehead atoms. The van der Waals surface area contributed by atoms with E-state index in [1.807, 2.05) is 6.07 Å². The van der Waals surface area contributed by atoms with E-state index in [2.05, 4.69) is 0 Å². The molecule has 0 unspecified atom stereocenters. The minimum absolute atomic E-state index is 0.0191. The van der Waals surface area contributed by atoms with Crippen LogP contribution >= 0.6 is 0 Å². The summed E-state index contributed by atoms with van der Waals surface area (Å²) in [6.45, 7) is -0.0191. The third-order valence-electron chi connectivity index (χ3n) is 2.17. The van der Waals surface area contributed by atoms with Gasteiger partial charge in [0.2, 0.25) is 5.91 Å². The van der Waals surface area contributed by atoms with E-state index in [1.54, 1.807) is 24.3 Å². The number of benzene rings is 1. The molecule has 6 heteroatoms. The van der Waals surface area contributed by atoms with Crippen molar-refractivity contribution < 1.29 is 19.1 Å². The number of hydrogen-bond acceptors (Lipinski definition) is 5. The SMILES string of the molecule is NC(=O)C[C@@H](N)C(=O)C(=O)OCc1ccccc1. The third-order valence-corrected chi connectivity index (χ3v) is 2.17. The molecule has 0 aromatic heterocycles. The van der Waals surface area contributed by atoms with Crippen molar-refractivity contribution in [1.82, 2.24) is 0 Å². The third kappa shape index (κ3) is 4.34. The van der Waals surface area contributed by atoms with E-state index in [1.165, 1.54) is 0 Å². The van der Waals surface area contributed by atoms with Crippen LogP contribution in [0.25, 0.3) is 0 Å². The predicted molar refractivity (Wildman–Crippen MR) is 63.0 cm³/mol. The average molecular weight is 250 g/mol. The van der Waals surface area contributed by atoms with Gasteiger partial charge in [0.05, 0.1) is 6.04 Å². The molecule has 0 aliphatic rings. The zero-order chi connectivity index (χ0) is 13.5. The molecule has 6 nitrogen and oxygen atoms in total. The molecule has 0 fully saturated rings. The summed E-state index contributed by atoms with van der Waals surface area (Å²) < 4.78 is 4.77. The van der Waals surface area contributed by atoms with Gasteiger partial charge in [-0.1, -0.05) is 30.3 Å². The Balaban J connectivity index is 2.45. The number of ether oxygens (including phenoxy) is 1. The van der Waals surface area contributed by atoms with Crippen LogP contribution in [0.4, 0.5) is 0 Å². The van der Waals surface area contributed by atoms with Gasteiger partial charge in [-0.3, -0.25) is 9.59 Å². The van der Waals surface area contributed by atoms with Crippen molar-refractivity contribution in [1.29, 1.82) is 0 Å². The van der Waals surface area contributed by atoms with Gasteiger partial charge in [-0.25, -0.2) is 4.79 Å². The molecule has 1 rings (SSSR count).